The standard InChI is InChI=1S/C23H21N5OS/c1-29-21-13-9-17(10-14-21)15-22-26-27-23(30)28(22)24-16-18-7-11-20(12-8-18)25-19-5-3-2-4-6-19/h2-14,16,25H,15H2,1H3,(H,27,30)/b24-16-. The predicted molar refractivity (Wildman–Crippen MR) is 122 cm³/mol. The fourth-order valence-electron chi connectivity index (χ4n) is 2.95. The van der Waals surface area contributed by atoms with Crippen LogP contribution in [0.3, 0.4) is 0 Å². The van der Waals surface area contributed by atoms with Crippen LogP contribution in [0.1, 0.15) is 17.0 Å². The summed E-state index contributed by atoms with van der Waals surface area (Å²) in [7, 11) is 1.65. The van der Waals surface area contributed by atoms with Crippen LogP contribution < -0.4 is 10.1 Å². The zero-order valence-corrected chi connectivity index (χ0v) is 17.3. The van der Waals surface area contributed by atoms with Crippen molar-refractivity contribution < 1.29 is 4.74 Å². The van der Waals surface area contributed by atoms with Gasteiger partial charge in [0.15, 0.2) is 5.82 Å². The molecule has 0 amide bonds. The summed E-state index contributed by atoms with van der Waals surface area (Å²) in [6.07, 6.45) is 2.38. The van der Waals surface area contributed by atoms with Crippen molar-refractivity contribution in [2.75, 3.05) is 12.4 Å². The average molecular weight is 416 g/mol. The lowest BCUT2D eigenvalue weighted by atomic mass is 10.1. The van der Waals surface area contributed by atoms with E-state index in [2.05, 4.69) is 20.6 Å². The Morgan fingerprint density at radius 3 is 2.40 bits per heavy atom. The summed E-state index contributed by atoms with van der Waals surface area (Å²) in [4.78, 5) is 0. The van der Waals surface area contributed by atoms with Crippen LogP contribution in [-0.2, 0) is 6.42 Å². The van der Waals surface area contributed by atoms with E-state index in [1.54, 1.807) is 18.0 Å². The number of nitrogens with one attached hydrogen (secondary N) is 2. The Morgan fingerprint density at radius 1 is 1.00 bits per heavy atom. The molecule has 0 aliphatic rings. The van der Waals surface area contributed by atoms with Crippen LogP contribution in [0.25, 0.3) is 0 Å². The van der Waals surface area contributed by atoms with E-state index in [0.29, 0.717) is 11.2 Å². The average Bonchev–Trinajstić information content (AvgIpc) is 3.13. The molecule has 0 fully saturated rings. The molecule has 1 heterocycles. The van der Waals surface area contributed by atoms with Gasteiger partial charge in [0, 0.05) is 17.8 Å². The second-order valence-electron chi connectivity index (χ2n) is 6.64. The first-order valence-corrected chi connectivity index (χ1v) is 9.88. The number of methoxy groups -OCH3 is 1. The van der Waals surface area contributed by atoms with Crippen molar-refractivity contribution >= 4 is 29.8 Å². The van der Waals surface area contributed by atoms with Crippen molar-refractivity contribution in [1.29, 1.82) is 0 Å². The normalized spacial score (nSPS) is 11.0. The highest BCUT2D eigenvalue weighted by molar-refractivity contribution is 7.71. The maximum Gasteiger partial charge on any atom is 0.216 e. The zero-order chi connectivity index (χ0) is 20.8. The quantitative estimate of drug-likeness (QED) is 0.323. The van der Waals surface area contributed by atoms with Crippen LogP contribution in [-0.4, -0.2) is 28.2 Å². The highest BCUT2D eigenvalue weighted by atomic mass is 32.1. The Balaban J connectivity index is 1.47. The van der Waals surface area contributed by atoms with E-state index in [9.17, 15) is 0 Å². The van der Waals surface area contributed by atoms with Gasteiger partial charge in [-0.2, -0.15) is 14.9 Å². The zero-order valence-electron chi connectivity index (χ0n) is 16.4. The van der Waals surface area contributed by atoms with Crippen LogP contribution in [0.2, 0.25) is 0 Å². The Morgan fingerprint density at radius 2 is 1.70 bits per heavy atom. The molecule has 0 aliphatic carbocycles. The summed E-state index contributed by atoms with van der Waals surface area (Å²) in [5.74, 6) is 1.56. The summed E-state index contributed by atoms with van der Waals surface area (Å²) < 4.78 is 7.31. The Hall–Kier alpha value is -3.71. The van der Waals surface area contributed by atoms with E-state index in [1.807, 2.05) is 78.9 Å². The van der Waals surface area contributed by atoms with E-state index in [4.69, 9.17) is 17.0 Å². The molecule has 1 aromatic heterocycles. The van der Waals surface area contributed by atoms with Crippen LogP contribution in [0, 0.1) is 4.77 Å². The van der Waals surface area contributed by atoms with Gasteiger partial charge < -0.3 is 10.1 Å². The molecule has 0 saturated heterocycles. The monoisotopic (exact) mass is 415 g/mol. The molecule has 2 N–H and O–H groups in total. The molecule has 7 heteroatoms. The molecule has 4 aromatic rings. The number of ether oxygens (including phenoxy) is 1. The van der Waals surface area contributed by atoms with Gasteiger partial charge in [-0.1, -0.05) is 42.5 Å². The number of nitrogens with zero attached hydrogens (tertiary/aromatic N) is 3. The van der Waals surface area contributed by atoms with E-state index in [0.717, 1.165) is 34.1 Å². The molecular formula is C23H21N5OS. The number of benzene rings is 3. The predicted octanol–water partition coefficient (Wildman–Crippen LogP) is 5.17. The number of hydrogen-bond acceptors (Lipinski definition) is 5. The van der Waals surface area contributed by atoms with Gasteiger partial charge in [0.1, 0.15) is 5.75 Å². The third kappa shape index (κ3) is 4.82. The maximum atomic E-state index is 5.34. The largest absolute Gasteiger partial charge is 0.497 e. The van der Waals surface area contributed by atoms with Crippen molar-refractivity contribution in [3.8, 4) is 5.75 Å². The van der Waals surface area contributed by atoms with Crippen LogP contribution in [0.15, 0.2) is 84.0 Å². The number of hydrogen-bond donors (Lipinski definition) is 2. The molecule has 0 aliphatic heterocycles. The van der Waals surface area contributed by atoms with E-state index in [1.165, 1.54) is 0 Å². The smallest absolute Gasteiger partial charge is 0.216 e. The SMILES string of the molecule is COc1ccc(Cc2n[nH]c(=S)n2/N=C\c2ccc(Nc3ccccc3)cc2)cc1. The van der Waals surface area contributed by atoms with Gasteiger partial charge >= 0.3 is 0 Å². The fraction of sp³-hybridized carbons (Fsp3) is 0.0870. The van der Waals surface area contributed by atoms with Gasteiger partial charge in [-0.15, -0.1) is 0 Å². The van der Waals surface area contributed by atoms with Gasteiger partial charge in [-0.25, -0.2) is 0 Å². The molecular weight excluding hydrogens is 394 g/mol. The number of H-pyrrole nitrogens is 1. The summed E-state index contributed by atoms with van der Waals surface area (Å²) in [6, 6.07) is 25.9. The maximum absolute atomic E-state index is 5.34. The first kappa shape index (κ1) is 19.6. The molecule has 0 bridgehead atoms. The molecule has 150 valence electrons. The first-order valence-electron chi connectivity index (χ1n) is 9.47. The van der Waals surface area contributed by atoms with Gasteiger partial charge in [-0.05, 0) is 59.7 Å². The first-order chi connectivity index (χ1) is 14.7. The minimum absolute atomic E-state index is 0.456. The third-order valence-corrected chi connectivity index (χ3v) is 4.80. The Kier molecular flexibility index (Phi) is 6.01. The lowest BCUT2D eigenvalue weighted by Gasteiger charge is -2.06. The molecule has 30 heavy (non-hydrogen) atoms. The molecule has 0 saturated carbocycles. The lowest BCUT2D eigenvalue weighted by Crippen LogP contribution is -2.00. The van der Waals surface area contributed by atoms with Crippen LogP contribution in [0.4, 0.5) is 11.4 Å². The van der Waals surface area contributed by atoms with Gasteiger partial charge in [-0.3, -0.25) is 5.10 Å². The minimum Gasteiger partial charge on any atom is -0.497 e. The number of anilines is 2. The molecule has 4 rings (SSSR count). The molecule has 0 unspecified atom stereocenters. The van der Waals surface area contributed by atoms with Gasteiger partial charge in [0.05, 0.1) is 13.3 Å². The van der Waals surface area contributed by atoms with E-state index in [-0.39, 0.29) is 0 Å². The topological polar surface area (TPSA) is 67.2 Å². The fourth-order valence-corrected chi connectivity index (χ4v) is 3.15. The van der Waals surface area contributed by atoms with Gasteiger partial charge in [0.25, 0.3) is 0 Å². The van der Waals surface area contributed by atoms with Crippen molar-refractivity contribution in [2.24, 2.45) is 5.10 Å². The Labute approximate surface area is 179 Å². The molecule has 3 aromatic carbocycles. The summed E-state index contributed by atoms with van der Waals surface area (Å²) in [5.41, 5.74) is 4.12. The summed E-state index contributed by atoms with van der Waals surface area (Å²) >= 11 is 5.34. The number of aromatic nitrogens is 3. The second kappa shape index (κ2) is 9.19. The molecule has 6 nitrogen and oxygen atoms in total. The minimum atomic E-state index is 0.456. The summed E-state index contributed by atoms with van der Waals surface area (Å²) in [5, 5.41) is 15.0. The van der Waals surface area contributed by atoms with E-state index < -0.39 is 0 Å². The highest BCUT2D eigenvalue weighted by Crippen LogP contribution is 2.17. The van der Waals surface area contributed by atoms with Crippen molar-refractivity contribution in [2.45, 2.75) is 6.42 Å². The summed E-state index contributed by atoms with van der Waals surface area (Å²) in [6.45, 7) is 0. The lowest BCUT2D eigenvalue weighted by molar-refractivity contribution is 0.414. The molecule has 0 atom stereocenters. The van der Waals surface area contributed by atoms with Gasteiger partial charge in [0.2, 0.25) is 4.77 Å². The van der Waals surface area contributed by atoms with E-state index >= 15 is 0 Å². The number of aromatic amines is 1. The Bertz CT molecular complexity index is 1180. The van der Waals surface area contributed by atoms with Crippen molar-refractivity contribution in [3.05, 3.63) is 101 Å². The van der Waals surface area contributed by atoms with Crippen molar-refractivity contribution in [3.63, 3.8) is 0 Å². The number of para-hydroxylation sites is 1. The van der Waals surface area contributed by atoms with Crippen molar-refractivity contribution in [1.82, 2.24) is 14.9 Å². The number of rotatable bonds is 7. The molecule has 0 spiro atoms. The molecule has 0 radical (unpaired) electrons. The van der Waals surface area contributed by atoms with Crippen LogP contribution >= 0.6 is 12.2 Å². The second-order valence-corrected chi connectivity index (χ2v) is 7.03. The third-order valence-electron chi connectivity index (χ3n) is 4.53. The van der Waals surface area contributed by atoms with Crippen LogP contribution in [0.5, 0.6) is 5.75 Å². The highest BCUT2D eigenvalue weighted by Gasteiger charge is 2.06.